The number of fused-ring (bicyclic) bond motifs is 1. The molecule has 0 bridgehead atoms. The lowest BCUT2D eigenvalue weighted by Crippen LogP contribution is -2.32. The van der Waals surface area contributed by atoms with Crippen molar-refractivity contribution >= 4 is 34.2 Å². The number of H-pyrrole nitrogens is 1. The third-order valence-electron chi connectivity index (χ3n) is 3.64. The van der Waals surface area contributed by atoms with Gasteiger partial charge in [-0.1, -0.05) is 41.9 Å². The van der Waals surface area contributed by atoms with E-state index < -0.39 is 11.7 Å². The van der Waals surface area contributed by atoms with E-state index in [9.17, 15) is 9.59 Å². The van der Waals surface area contributed by atoms with Gasteiger partial charge in [-0.05, 0) is 30.2 Å². The average molecular weight is 327 g/mol. The first-order valence-corrected chi connectivity index (χ1v) is 7.66. The highest BCUT2D eigenvalue weighted by molar-refractivity contribution is 6.45. The quantitative estimate of drug-likeness (QED) is 0.558. The molecule has 3 aromatic rings. The second kappa shape index (κ2) is 6.67. The summed E-state index contributed by atoms with van der Waals surface area (Å²) in [6.07, 6.45) is 2.22. The Labute approximate surface area is 138 Å². The van der Waals surface area contributed by atoms with Crippen molar-refractivity contribution in [1.82, 2.24) is 10.3 Å². The van der Waals surface area contributed by atoms with Crippen molar-refractivity contribution in [2.45, 2.75) is 6.42 Å². The zero-order chi connectivity index (χ0) is 16.2. The van der Waals surface area contributed by atoms with Crippen LogP contribution in [-0.4, -0.2) is 23.2 Å². The first kappa shape index (κ1) is 15.3. The van der Waals surface area contributed by atoms with Crippen LogP contribution in [0, 0.1) is 0 Å². The topological polar surface area (TPSA) is 62.0 Å². The highest BCUT2D eigenvalue weighted by Gasteiger charge is 2.19. The third-order valence-corrected chi connectivity index (χ3v) is 3.87. The Morgan fingerprint density at radius 3 is 2.65 bits per heavy atom. The number of aromatic amines is 1. The number of carbonyl (C=O) groups is 2. The molecule has 0 spiro atoms. The maximum atomic E-state index is 12.3. The summed E-state index contributed by atoms with van der Waals surface area (Å²) in [5, 5.41) is 3.84. The Bertz CT molecular complexity index is 856. The zero-order valence-corrected chi connectivity index (χ0v) is 13.1. The largest absolute Gasteiger partial charge is 0.360 e. The average Bonchev–Trinajstić information content (AvgIpc) is 2.98. The van der Waals surface area contributed by atoms with Crippen LogP contribution in [0.2, 0.25) is 5.02 Å². The number of nitrogens with one attached hydrogen (secondary N) is 2. The van der Waals surface area contributed by atoms with E-state index in [0.717, 1.165) is 11.1 Å². The highest BCUT2D eigenvalue weighted by atomic mass is 35.5. The van der Waals surface area contributed by atoms with Gasteiger partial charge in [0.25, 0.3) is 11.7 Å². The fourth-order valence-corrected chi connectivity index (χ4v) is 2.62. The van der Waals surface area contributed by atoms with Crippen LogP contribution < -0.4 is 5.32 Å². The molecule has 3 rings (SSSR count). The minimum Gasteiger partial charge on any atom is -0.360 e. The summed E-state index contributed by atoms with van der Waals surface area (Å²) in [5.41, 5.74) is 2.22. The summed E-state index contributed by atoms with van der Waals surface area (Å²) < 4.78 is 0. The molecular weight excluding hydrogens is 312 g/mol. The second-order valence-electron chi connectivity index (χ2n) is 5.21. The lowest BCUT2D eigenvalue weighted by atomic mass is 10.1. The Morgan fingerprint density at radius 1 is 1.09 bits per heavy atom. The van der Waals surface area contributed by atoms with E-state index in [1.165, 1.54) is 0 Å². The van der Waals surface area contributed by atoms with E-state index in [4.69, 9.17) is 11.6 Å². The lowest BCUT2D eigenvalue weighted by molar-refractivity contribution is -0.116. The number of hydrogen-bond acceptors (Lipinski definition) is 2. The van der Waals surface area contributed by atoms with Gasteiger partial charge in [0.05, 0.1) is 5.56 Å². The molecule has 5 heteroatoms. The van der Waals surface area contributed by atoms with Crippen molar-refractivity contribution in [3.05, 3.63) is 70.9 Å². The van der Waals surface area contributed by atoms with Crippen LogP contribution in [0.25, 0.3) is 10.9 Å². The Kier molecular flexibility index (Phi) is 4.44. The number of carbonyl (C=O) groups excluding carboxylic acids is 2. The van der Waals surface area contributed by atoms with Gasteiger partial charge >= 0.3 is 0 Å². The van der Waals surface area contributed by atoms with Crippen LogP contribution in [0.5, 0.6) is 0 Å². The number of amides is 1. The molecule has 2 aromatic carbocycles. The Hall–Kier alpha value is -2.59. The number of hydrogen-bond donors (Lipinski definition) is 2. The lowest BCUT2D eigenvalue weighted by Gasteiger charge is -2.04. The Balaban J connectivity index is 1.67. The summed E-state index contributed by atoms with van der Waals surface area (Å²) in [4.78, 5) is 27.3. The van der Waals surface area contributed by atoms with Gasteiger partial charge < -0.3 is 10.3 Å². The van der Waals surface area contributed by atoms with Crippen LogP contribution in [0.15, 0.2) is 54.7 Å². The molecule has 116 valence electrons. The van der Waals surface area contributed by atoms with Gasteiger partial charge in [-0.2, -0.15) is 0 Å². The SMILES string of the molecule is O=C(NCCc1ccccc1)C(=O)c1c[nH]c2ccc(Cl)cc12. The summed E-state index contributed by atoms with van der Waals surface area (Å²) in [7, 11) is 0. The predicted molar refractivity (Wildman–Crippen MR) is 90.8 cm³/mol. The number of benzene rings is 2. The standard InChI is InChI=1S/C18H15ClN2O2/c19-13-6-7-16-14(10-13)15(11-21-16)17(22)18(23)20-9-8-12-4-2-1-3-5-12/h1-7,10-11,21H,8-9H2,(H,20,23). The van der Waals surface area contributed by atoms with Crippen molar-refractivity contribution in [3.8, 4) is 0 Å². The van der Waals surface area contributed by atoms with Gasteiger partial charge in [0.15, 0.2) is 0 Å². The van der Waals surface area contributed by atoms with E-state index in [1.54, 1.807) is 24.4 Å². The maximum absolute atomic E-state index is 12.3. The van der Waals surface area contributed by atoms with E-state index in [2.05, 4.69) is 10.3 Å². The van der Waals surface area contributed by atoms with Crippen LogP contribution in [0.3, 0.4) is 0 Å². The van der Waals surface area contributed by atoms with Crippen LogP contribution in [0.4, 0.5) is 0 Å². The number of ketones is 1. The molecule has 0 fully saturated rings. The van der Waals surface area contributed by atoms with Crippen LogP contribution in [-0.2, 0) is 11.2 Å². The molecule has 2 N–H and O–H groups in total. The molecule has 1 amide bonds. The summed E-state index contributed by atoms with van der Waals surface area (Å²) in [6, 6.07) is 15.0. The number of aromatic nitrogens is 1. The van der Waals surface area contributed by atoms with Crippen molar-refractivity contribution in [1.29, 1.82) is 0 Å². The monoisotopic (exact) mass is 326 g/mol. The molecule has 0 saturated heterocycles. The molecule has 0 aliphatic heterocycles. The van der Waals surface area contributed by atoms with Gasteiger partial charge in [-0.25, -0.2) is 0 Å². The number of halogens is 1. The molecule has 0 aliphatic rings. The Morgan fingerprint density at radius 2 is 1.87 bits per heavy atom. The zero-order valence-electron chi connectivity index (χ0n) is 12.3. The molecule has 1 aromatic heterocycles. The molecule has 0 unspecified atom stereocenters. The van der Waals surface area contributed by atoms with Gasteiger partial charge in [-0.15, -0.1) is 0 Å². The fraction of sp³-hybridized carbons (Fsp3) is 0.111. The van der Waals surface area contributed by atoms with Crippen molar-refractivity contribution in [3.63, 3.8) is 0 Å². The summed E-state index contributed by atoms with van der Waals surface area (Å²) >= 11 is 5.96. The van der Waals surface area contributed by atoms with Gasteiger partial charge in [-0.3, -0.25) is 9.59 Å². The first-order valence-electron chi connectivity index (χ1n) is 7.28. The number of rotatable bonds is 5. The van der Waals surface area contributed by atoms with E-state index in [-0.39, 0.29) is 0 Å². The van der Waals surface area contributed by atoms with Crippen LogP contribution >= 0.6 is 11.6 Å². The van der Waals surface area contributed by atoms with Crippen LogP contribution in [0.1, 0.15) is 15.9 Å². The second-order valence-corrected chi connectivity index (χ2v) is 5.65. The molecular formula is C18H15ClN2O2. The molecule has 23 heavy (non-hydrogen) atoms. The smallest absolute Gasteiger partial charge is 0.292 e. The van der Waals surface area contributed by atoms with Gasteiger partial charge in [0.1, 0.15) is 0 Å². The molecule has 0 radical (unpaired) electrons. The van der Waals surface area contributed by atoms with E-state index >= 15 is 0 Å². The first-order chi connectivity index (χ1) is 11.1. The van der Waals surface area contributed by atoms with Crippen molar-refractivity contribution < 1.29 is 9.59 Å². The molecule has 4 nitrogen and oxygen atoms in total. The number of Topliss-reactive ketones (excluding diaryl/α,β-unsaturated/α-hetero) is 1. The minimum absolute atomic E-state index is 0.333. The summed E-state index contributed by atoms with van der Waals surface area (Å²) in [6.45, 7) is 0.414. The minimum atomic E-state index is -0.609. The van der Waals surface area contributed by atoms with Crippen molar-refractivity contribution in [2.24, 2.45) is 0 Å². The predicted octanol–water partition coefficient (Wildman–Crippen LogP) is 3.36. The molecule has 0 atom stereocenters. The van der Waals surface area contributed by atoms with Gasteiger partial charge in [0.2, 0.25) is 0 Å². The molecule has 1 heterocycles. The van der Waals surface area contributed by atoms with E-state index in [1.807, 2.05) is 30.3 Å². The molecule has 0 saturated carbocycles. The van der Waals surface area contributed by atoms with Crippen molar-refractivity contribution in [2.75, 3.05) is 6.54 Å². The summed E-state index contributed by atoms with van der Waals surface area (Å²) in [5.74, 6) is -1.17. The fourth-order valence-electron chi connectivity index (χ4n) is 2.45. The third kappa shape index (κ3) is 3.43. The normalized spacial score (nSPS) is 10.7. The molecule has 0 aliphatic carbocycles. The highest BCUT2D eigenvalue weighted by Crippen LogP contribution is 2.22. The van der Waals surface area contributed by atoms with Gasteiger partial charge in [0, 0.05) is 28.7 Å². The van der Waals surface area contributed by atoms with E-state index in [0.29, 0.717) is 28.9 Å². The maximum Gasteiger partial charge on any atom is 0.292 e.